The topological polar surface area (TPSA) is 130 Å². The Balaban J connectivity index is 2.66. The molecule has 1 aromatic carbocycles. The highest BCUT2D eigenvalue weighted by Crippen LogP contribution is 2.17. The van der Waals surface area contributed by atoms with Gasteiger partial charge in [0, 0.05) is 6.54 Å². The third-order valence-electron chi connectivity index (χ3n) is 3.40. The third kappa shape index (κ3) is 8.43. The van der Waals surface area contributed by atoms with Crippen molar-refractivity contribution in [2.45, 2.75) is 33.1 Å². The maximum atomic E-state index is 12.1. The minimum absolute atomic E-state index is 0.505. The minimum atomic E-state index is -4.29. The Morgan fingerprint density at radius 2 is 1.64 bits per heavy atom. The molecular formula is C15H24N2O6S2. The summed E-state index contributed by atoms with van der Waals surface area (Å²) in [7, 11) is -8.49. The Labute approximate surface area is 149 Å². The molecule has 0 aliphatic heterocycles. The molecular weight excluding hydrogens is 368 g/mol. The van der Waals surface area contributed by atoms with Crippen LogP contribution in [-0.4, -0.2) is 39.6 Å². The zero-order chi connectivity index (χ0) is 19.3. The molecule has 3 N–H and O–H groups in total. The number of hydrogen-bond donors (Lipinski definition) is 3. The third-order valence-corrected chi connectivity index (χ3v) is 5.18. The van der Waals surface area contributed by atoms with Crippen molar-refractivity contribution >= 4 is 26.2 Å². The summed E-state index contributed by atoms with van der Waals surface area (Å²) in [5.41, 5.74) is 1.80. The molecule has 10 heteroatoms. The number of carbonyl (C=O) groups excluding carboxylic acids is 1. The molecule has 8 nitrogen and oxygen atoms in total. The van der Waals surface area contributed by atoms with Gasteiger partial charge in [0.1, 0.15) is 0 Å². The van der Waals surface area contributed by atoms with Crippen LogP contribution in [0.15, 0.2) is 24.3 Å². The summed E-state index contributed by atoms with van der Waals surface area (Å²) in [6.07, 6.45) is 0.910. The summed E-state index contributed by atoms with van der Waals surface area (Å²) in [5, 5.41) is 0. The zero-order valence-corrected chi connectivity index (χ0v) is 16.0. The second-order valence-corrected chi connectivity index (χ2v) is 9.28. The molecule has 0 aliphatic carbocycles. The first-order chi connectivity index (χ1) is 11.4. The summed E-state index contributed by atoms with van der Waals surface area (Å²) < 4.78 is 56.8. The van der Waals surface area contributed by atoms with Crippen LogP contribution in [0.2, 0.25) is 0 Å². The molecule has 0 radical (unpaired) electrons. The van der Waals surface area contributed by atoms with Crippen molar-refractivity contribution < 1.29 is 26.2 Å². The van der Waals surface area contributed by atoms with Gasteiger partial charge in [-0.2, -0.15) is 21.6 Å². The van der Waals surface area contributed by atoms with E-state index < -0.39 is 44.5 Å². The molecule has 0 bridgehead atoms. The van der Waals surface area contributed by atoms with Gasteiger partial charge in [0.05, 0.1) is 11.7 Å². The molecule has 0 spiro atoms. The van der Waals surface area contributed by atoms with E-state index in [4.69, 9.17) is 4.55 Å². The second-order valence-electron chi connectivity index (χ2n) is 6.21. The Hall–Kier alpha value is -1.49. The molecule has 142 valence electrons. The number of carbonyl (C=O) groups is 1. The average molecular weight is 392 g/mol. The number of hydrogen-bond acceptors (Lipinski definition) is 5. The van der Waals surface area contributed by atoms with Gasteiger partial charge in [-0.3, -0.25) is 9.35 Å². The summed E-state index contributed by atoms with van der Waals surface area (Å²) in [6, 6.07) is 7.36. The van der Waals surface area contributed by atoms with Crippen LogP contribution < -0.4 is 9.44 Å². The predicted molar refractivity (Wildman–Crippen MR) is 94.9 cm³/mol. The normalized spacial score (nSPS) is 13.6. The zero-order valence-electron chi connectivity index (χ0n) is 14.4. The summed E-state index contributed by atoms with van der Waals surface area (Å²) >= 11 is 0. The van der Waals surface area contributed by atoms with Crippen molar-refractivity contribution in [1.29, 1.82) is 0 Å². The van der Waals surface area contributed by atoms with Crippen molar-refractivity contribution in [3.63, 3.8) is 0 Å². The van der Waals surface area contributed by atoms with Crippen LogP contribution in [0.3, 0.4) is 0 Å². The smallest absolute Gasteiger partial charge is 0.286 e. The molecule has 0 fully saturated rings. The highest BCUT2D eigenvalue weighted by molar-refractivity contribution is 7.88. The lowest BCUT2D eigenvalue weighted by Crippen LogP contribution is -2.43. The van der Waals surface area contributed by atoms with Gasteiger partial charge in [0.15, 0.2) is 0 Å². The molecule has 1 rings (SSSR count). The fourth-order valence-electron chi connectivity index (χ4n) is 2.13. The number of nitrogens with one attached hydrogen (secondary N) is 2. The van der Waals surface area contributed by atoms with Gasteiger partial charge >= 0.3 is 10.2 Å². The SMILES string of the molecule is CC(C)Cc1ccc([C@@H](C)C(=O)NS(=O)(=O)NCCS(=O)(=O)O)cc1. The first-order valence-corrected chi connectivity index (χ1v) is 10.8. The van der Waals surface area contributed by atoms with E-state index in [-0.39, 0.29) is 0 Å². The molecule has 1 atom stereocenters. The Morgan fingerprint density at radius 1 is 1.08 bits per heavy atom. The molecule has 1 amide bonds. The quantitative estimate of drug-likeness (QED) is 0.534. The monoisotopic (exact) mass is 392 g/mol. The van der Waals surface area contributed by atoms with Crippen molar-refractivity contribution in [3.8, 4) is 0 Å². The Kier molecular flexibility index (Phi) is 7.54. The van der Waals surface area contributed by atoms with E-state index in [1.165, 1.54) is 0 Å². The fraction of sp³-hybridized carbons (Fsp3) is 0.533. The van der Waals surface area contributed by atoms with Crippen LogP contribution in [0.25, 0.3) is 0 Å². The fourth-order valence-corrected chi connectivity index (χ4v) is 3.50. The van der Waals surface area contributed by atoms with Crippen LogP contribution in [0.1, 0.15) is 37.8 Å². The number of amides is 1. The van der Waals surface area contributed by atoms with Gasteiger partial charge in [0.2, 0.25) is 5.91 Å². The number of rotatable bonds is 9. The molecule has 0 heterocycles. The highest BCUT2D eigenvalue weighted by atomic mass is 32.2. The summed E-state index contributed by atoms with van der Waals surface area (Å²) in [6.45, 7) is 5.23. The van der Waals surface area contributed by atoms with E-state index in [2.05, 4.69) is 13.8 Å². The second kappa shape index (κ2) is 8.75. The summed E-state index contributed by atoms with van der Waals surface area (Å²) in [4.78, 5) is 12.1. The predicted octanol–water partition coefficient (Wildman–Crippen LogP) is 0.827. The van der Waals surface area contributed by atoms with Gasteiger partial charge in [-0.15, -0.1) is 0 Å². The van der Waals surface area contributed by atoms with Crippen molar-refractivity contribution in [2.75, 3.05) is 12.3 Å². The molecule has 0 saturated carbocycles. The van der Waals surface area contributed by atoms with Gasteiger partial charge in [-0.25, -0.2) is 4.72 Å². The minimum Gasteiger partial charge on any atom is -0.286 e. The lowest BCUT2D eigenvalue weighted by molar-refractivity contribution is -0.120. The lowest BCUT2D eigenvalue weighted by Gasteiger charge is -2.14. The van der Waals surface area contributed by atoms with Gasteiger partial charge in [0.25, 0.3) is 10.1 Å². The van der Waals surface area contributed by atoms with E-state index in [0.717, 1.165) is 12.0 Å². The molecule has 1 aromatic rings. The summed E-state index contributed by atoms with van der Waals surface area (Å²) in [5.74, 6) is -1.72. The van der Waals surface area contributed by atoms with Crippen LogP contribution in [0.5, 0.6) is 0 Å². The molecule has 0 saturated heterocycles. The van der Waals surface area contributed by atoms with Crippen LogP contribution in [0.4, 0.5) is 0 Å². The first-order valence-electron chi connectivity index (χ1n) is 7.75. The molecule has 25 heavy (non-hydrogen) atoms. The van der Waals surface area contributed by atoms with Crippen LogP contribution >= 0.6 is 0 Å². The highest BCUT2D eigenvalue weighted by Gasteiger charge is 2.21. The van der Waals surface area contributed by atoms with E-state index in [9.17, 15) is 21.6 Å². The Morgan fingerprint density at radius 3 is 2.12 bits per heavy atom. The van der Waals surface area contributed by atoms with Crippen molar-refractivity contribution in [2.24, 2.45) is 5.92 Å². The van der Waals surface area contributed by atoms with Gasteiger partial charge in [-0.1, -0.05) is 38.1 Å². The van der Waals surface area contributed by atoms with Crippen molar-refractivity contribution in [1.82, 2.24) is 9.44 Å². The van der Waals surface area contributed by atoms with Crippen molar-refractivity contribution in [3.05, 3.63) is 35.4 Å². The lowest BCUT2D eigenvalue weighted by atomic mass is 9.96. The standard InChI is InChI=1S/C15H24N2O6S2/c1-11(2)10-13-4-6-14(7-5-13)12(3)15(18)17-25(22,23)16-8-9-24(19,20)21/h4-7,11-12,16H,8-10H2,1-3H3,(H,17,18)(H,19,20,21)/t12-/m1/s1. The largest absolute Gasteiger partial charge is 0.301 e. The molecule has 0 aromatic heterocycles. The van der Waals surface area contributed by atoms with Crippen LogP contribution in [-0.2, 0) is 31.5 Å². The maximum absolute atomic E-state index is 12.1. The maximum Gasteiger partial charge on any atom is 0.301 e. The van der Waals surface area contributed by atoms with Gasteiger partial charge < -0.3 is 0 Å². The van der Waals surface area contributed by atoms with E-state index in [0.29, 0.717) is 11.5 Å². The van der Waals surface area contributed by atoms with Crippen LogP contribution in [0, 0.1) is 5.92 Å². The van der Waals surface area contributed by atoms with Gasteiger partial charge in [-0.05, 0) is 30.4 Å². The van der Waals surface area contributed by atoms with E-state index in [1.54, 1.807) is 19.1 Å². The van der Waals surface area contributed by atoms with E-state index in [1.807, 2.05) is 21.6 Å². The first kappa shape index (κ1) is 21.6. The Bertz CT molecular complexity index is 786. The molecule has 0 aliphatic rings. The number of benzene rings is 1. The average Bonchev–Trinajstić information content (AvgIpc) is 2.44. The molecule has 0 unspecified atom stereocenters. The van der Waals surface area contributed by atoms with E-state index >= 15 is 0 Å².